The molecule has 78 valence electrons. The Morgan fingerprint density at radius 1 is 1.50 bits per heavy atom. The molecule has 2 N–H and O–H groups in total. The molecule has 14 heavy (non-hydrogen) atoms. The van der Waals surface area contributed by atoms with E-state index in [2.05, 4.69) is 26.2 Å². The van der Waals surface area contributed by atoms with E-state index >= 15 is 0 Å². The van der Waals surface area contributed by atoms with Gasteiger partial charge >= 0.3 is 0 Å². The van der Waals surface area contributed by atoms with E-state index in [0.717, 1.165) is 10.4 Å². The molecule has 0 spiro atoms. The molecule has 0 aliphatic carbocycles. The minimum absolute atomic E-state index is 0.121. The molecule has 1 rings (SSSR count). The summed E-state index contributed by atoms with van der Waals surface area (Å²) in [6.45, 7) is 4.86. The van der Waals surface area contributed by atoms with E-state index in [-0.39, 0.29) is 12.0 Å². The highest BCUT2D eigenvalue weighted by atomic mass is 79.9. The molecule has 0 saturated carbocycles. The van der Waals surface area contributed by atoms with Crippen molar-refractivity contribution in [2.45, 2.75) is 13.8 Å². The number of anilines is 1. The van der Waals surface area contributed by atoms with Crippen molar-refractivity contribution in [2.24, 2.45) is 5.41 Å². The molecule has 3 nitrogen and oxygen atoms in total. The third kappa shape index (κ3) is 3.64. The summed E-state index contributed by atoms with van der Waals surface area (Å²) in [4.78, 5) is 4.23. The number of pyridine rings is 1. The summed E-state index contributed by atoms with van der Waals surface area (Å²) < 4.78 is 0.810. The first-order valence-electron chi connectivity index (χ1n) is 4.51. The lowest BCUT2D eigenvalue weighted by atomic mass is 9.95. The summed E-state index contributed by atoms with van der Waals surface area (Å²) in [5.74, 6) is 0.820. The Labute approximate surface area is 92.7 Å². The van der Waals surface area contributed by atoms with E-state index < -0.39 is 0 Å². The first-order valence-corrected chi connectivity index (χ1v) is 5.30. The Balaban J connectivity index is 2.54. The Morgan fingerprint density at radius 2 is 2.21 bits per heavy atom. The zero-order valence-electron chi connectivity index (χ0n) is 8.42. The summed E-state index contributed by atoms with van der Waals surface area (Å²) in [5.41, 5.74) is -0.121. The van der Waals surface area contributed by atoms with Gasteiger partial charge in [0.05, 0.1) is 0 Å². The molecule has 0 bridgehead atoms. The third-order valence-corrected chi connectivity index (χ3v) is 2.33. The molecule has 0 atom stereocenters. The molecule has 0 fully saturated rings. The summed E-state index contributed by atoms with van der Waals surface area (Å²) in [6.07, 6.45) is 0. The second-order valence-corrected chi connectivity index (χ2v) is 4.83. The number of nitrogens with one attached hydrogen (secondary N) is 1. The van der Waals surface area contributed by atoms with Gasteiger partial charge in [0.15, 0.2) is 0 Å². The molecule has 1 heterocycles. The quantitative estimate of drug-likeness (QED) is 0.815. The highest BCUT2D eigenvalue weighted by Crippen LogP contribution is 2.16. The number of aliphatic hydroxyl groups is 1. The normalized spacial score (nSPS) is 11.4. The van der Waals surface area contributed by atoms with E-state index in [1.54, 1.807) is 0 Å². The van der Waals surface area contributed by atoms with Gasteiger partial charge < -0.3 is 10.4 Å². The van der Waals surface area contributed by atoms with Crippen LogP contribution in [0.2, 0.25) is 0 Å². The van der Waals surface area contributed by atoms with E-state index in [1.807, 2.05) is 32.0 Å². The maximum atomic E-state index is 9.06. The fourth-order valence-corrected chi connectivity index (χ4v) is 1.24. The zero-order valence-corrected chi connectivity index (χ0v) is 10.0. The average Bonchev–Trinajstić information content (AvgIpc) is 2.15. The van der Waals surface area contributed by atoms with Crippen LogP contribution in [0.5, 0.6) is 0 Å². The first-order chi connectivity index (χ1) is 6.53. The van der Waals surface area contributed by atoms with Crippen LogP contribution < -0.4 is 5.32 Å². The third-order valence-electron chi connectivity index (χ3n) is 1.89. The topological polar surface area (TPSA) is 45.1 Å². The maximum Gasteiger partial charge on any atom is 0.127 e. The largest absolute Gasteiger partial charge is 0.396 e. The molecular weight excluding hydrogens is 244 g/mol. The van der Waals surface area contributed by atoms with Crippen molar-refractivity contribution < 1.29 is 5.11 Å². The molecule has 0 aromatic carbocycles. The first kappa shape index (κ1) is 11.5. The lowest BCUT2D eigenvalue weighted by Crippen LogP contribution is -2.27. The van der Waals surface area contributed by atoms with Crippen molar-refractivity contribution in [2.75, 3.05) is 18.5 Å². The fraction of sp³-hybridized carbons (Fsp3) is 0.500. The Kier molecular flexibility index (Phi) is 3.89. The molecule has 0 saturated heterocycles. The van der Waals surface area contributed by atoms with Crippen molar-refractivity contribution in [1.29, 1.82) is 0 Å². The molecule has 0 unspecified atom stereocenters. The van der Waals surface area contributed by atoms with E-state index in [9.17, 15) is 0 Å². The number of nitrogens with zero attached hydrogens (tertiary/aromatic N) is 1. The van der Waals surface area contributed by atoms with Crippen LogP contribution in [0.15, 0.2) is 22.8 Å². The Morgan fingerprint density at radius 3 is 2.79 bits per heavy atom. The van der Waals surface area contributed by atoms with Gasteiger partial charge in [0.25, 0.3) is 0 Å². The number of aliphatic hydroxyl groups excluding tert-OH is 1. The Hall–Kier alpha value is -0.610. The zero-order chi connectivity index (χ0) is 10.6. The number of aromatic nitrogens is 1. The lowest BCUT2D eigenvalue weighted by Gasteiger charge is -2.22. The fourth-order valence-electron chi connectivity index (χ4n) is 0.892. The maximum absolute atomic E-state index is 9.06. The van der Waals surface area contributed by atoms with Crippen molar-refractivity contribution in [3.8, 4) is 0 Å². The van der Waals surface area contributed by atoms with E-state index in [0.29, 0.717) is 6.54 Å². The van der Waals surface area contributed by atoms with Gasteiger partial charge in [-0.2, -0.15) is 0 Å². The van der Waals surface area contributed by atoms with Crippen molar-refractivity contribution >= 4 is 21.7 Å². The van der Waals surface area contributed by atoms with Gasteiger partial charge in [-0.05, 0) is 28.1 Å². The van der Waals surface area contributed by atoms with Gasteiger partial charge in [-0.1, -0.05) is 19.9 Å². The van der Waals surface area contributed by atoms with Crippen LogP contribution in [0.25, 0.3) is 0 Å². The van der Waals surface area contributed by atoms with Gasteiger partial charge in [-0.3, -0.25) is 0 Å². The van der Waals surface area contributed by atoms with Crippen LogP contribution in [0.3, 0.4) is 0 Å². The minimum Gasteiger partial charge on any atom is -0.396 e. The smallest absolute Gasteiger partial charge is 0.127 e. The monoisotopic (exact) mass is 258 g/mol. The summed E-state index contributed by atoms with van der Waals surface area (Å²) in [5, 5.41) is 12.2. The number of rotatable bonds is 4. The van der Waals surface area contributed by atoms with Crippen LogP contribution in [0.1, 0.15) is 13.8 Å². The Bertz CT molecular complexity index is 302. The van der Waals surface area contributed by atoms with Crippen LogP contribution >= 0.6 is 15.9 Å². The molecule has 0 aliphatic rings. The molecule has 0 aliphatic heterocycles. The van der Waals surface area contributed by atoms with Crippen molar-refractivity contribution in [3.63, 3.8) is 0 Å². The van der Waals surface area contributed by atoms with Crippen LogP contribution in [-0.2, 0) is 0 Å². The average molecular weight is 259 g/mol. The minimum atomic E-state index is -0.121. The van der Waals surface area contributed by atoms with Gasteiger partial charge in [0.1, 0.15) is 10.4 Å². The molecule has 0 amide bonds. The van der Waals surface area contributed by atoms with Gasteiger partial charge in [-0.15, -0.1) is 0 Å². The number of hydrogen-bond acceptors (Lipinski definition) is 3. The van der Waals surface area contributed by atoms with E-state index in [4.69, 9.17) is 5.11 Å². The standard InChI is InChI=1S/C10H15BrN2O/c1-10(2,7-14)6-12-9-5-3-4-8(11)13-9/h3-5,14H,6-7H2,1-2H3,(H,12,13). The molecular formula is C10H15BrN2O. The second-order valence-electron chi connectivity index (χ2n) is 4.02. The predicted octanol–water partition coefficient (Wildman–Crippen LogP) is 2.27. The van der Waals surface area contributed by atoms with E-state index in [1.165, 1.54) is 0 Å². The molecule has 0 radical (unpaired) electrons. The van der Waals surface area contributed by atoms with Gasteiger partial charge in [-0.25, -0.2) is 4.98 Å². The number of halogens is 1. The summed E-state index contributed by atoms with van der Waals surface area (Å²) in [7, 11) is 0. The number of hydrogen-bond donors (Lipinski definition) is 2. The lowest BCUT2D eigenvalue weighted by molar-refractivity contribution is 0.170. The van der Waals surface area contributed by atoms with Gasteiger partial charge in [0, 0.05) is 18.6 Å². The highest BCUT2D eigenvalue weighted by molar-refractivity contribution is 9.10. The van der Waals surface area contributed by atoms with Crippen molar-refractivity contribution in [1.82, 2.24) is 4.98 Å². The second kappa shape index (κ2) is 4.75. The predicted molar refractivity (Wildman–Crippen MR) is 61.3 cm³/mol. The molecule has 1 aromatic rings. The summed E-state index contributed by atoms with van der Waals surface area (Å²) >= 11 is 3.30. The molecule has 4 heteroatoms. The van der Waals surface area contributed by atoms with Crippen LogP contribution in [-0.4, -0.2) is 23.2 Å². The highest BCUT2D eigenvalue weighted by Gasteiger charge is 2.15. The SMILES string of the molecule is CC(C)(CO)CNc1cccc(Br)n1. The van der Waals surface area contributed by atoms with Crippen LogP contribution in [0, 0.1) is 5.41 Å². The molecule has 1 aromatic heterocycles. The van der Waals surface area contributed by atoms with Crippen molar-refractivity contribution in [3.05, 3.63) is 22.8 Å². The summed E-state index contributed by atoms with van der Waals surface area (Å²) in [6, 6.07) is 5.70. The van der Waals surface area contributed by atoms with Crippen LogP contribution in [0.4, 0.5) is 5.82 Å². The van der Waals surface area contributed by atoms with Gasteiger partial charge in [0.2, 0.25) is 0 Å².